The van der Waals surface area contributed by atoms with Crippen molar-refractivity contribution in [3.63, 3.8) is 0 Å². The number of rotatable bonds is 2. The van der Waals surface area contributed by atoms with E-state index in [4.69, 9.17) is 10.00 Å². The number of nitriles is 1. The molecule has 22 heavy (non-hydrogen) atoms. The first-order valence-electron chi connectivity index (χ1n) is 7.29. The van der Waals surface area contributed by atoms with Crippen molar-refractivity contribution >= 4 is 11.8 Å². The Morgan fingerprint density at radius 1 is 1.55 bits per heavy atom. The number of ether oxygens (including phenoxy) is 1. The minimum absolute atomic E-state index is 0.00977. The standard InChI is InChI=1S/C15H18N4O3/c1-17-14(21)15-4-5-22-8-10(15)7-19(9-15)13(20)12-3-2-11(6-16)18-12/h2-3,10,18H,4-5,7-9H2,1H3,(H,17,21)/t10-,15+/m1/s1. The van der Waals surface area contributed by atoms with Gasteiger partial charge in [-0.1, -0.05) is 0 Å². The van der Waals surface area contributed by atoms with E-state index in [9.17, 15) is 9.59 Å². The zero-order chi connectivity index (χ0) is 15.7. The molecule has 3 rings (SSSR count). The summed E-state index contributed by atoms with van der Waals surface area (Å²) in [6.07, 6.45) is 0.620. The number of aromatic nitrogens is 1. The van der Waals surface area contributed by atoms with Crippen molar-refractivity contribution in [3.8, 4) is 6.07 Å². The largest absolute Gasteiger partial charge is 0.381 e. The summed E-state index contributed by atoms with van der Waals surface area (Å²) >= 11 is 0. The molecule has 0 bridgehead atoms. The summed E-state index contributed by atoms with van der Waals surface area (Å²) in [5.74, 6) is -0.199. The molecule has 2 saturated heterocycles. The van der Waals surface area contributed by atoms with Crippen LogP contribution in [0.3, 0.4) is 0 Å². The Morgan fingerprint density at radius 2 is 2.36 bits per heavy atom. The van der Waals surface area contributed by atoms with Crippen molar-refractivity contribution in [2.24, 2.45) is 11.3 Å². The predicted molar refractivity (Wildman–Crippen MR) is 76.8 cm³/mol. The lowest BCUT2D eigenvalue weighted by molar-refractivity contribution is -0.138. The second-order valence-corrected chi connectivity index (χ2v) is 5.84. The molecule has 0 unspecified atom stereocenters. The van der Waals surface area contributed by atoms with E-state index < -0.39 is 5.41 Å². The molecule has 2 aliphatic heterocycles. The molecule has 2 N–H and O–H groups in total. The molecule has 1 aromatic heterocycles. The van der Waals surface area contributed by atoms with Crippen LogP contribution in [0.2, 0.25) is 0 Å². The van der Waals surface area contributed by atoms with Crippen molar-refractivity contribution < 1.29 is 14.3 Å². The first-order valence-corrected chi connectivity index (χ1v) is 7.29. The van der Waals surface area contributed by atoms with Gasteiger partial charge in [0.1, 0.15) is 17.5 Å². The van der Waals surface area contributed by atoms with Crippen LogP contribution in [0.1, 0.15) is 22.6 Å². The third kappa shape index (κ3) is 2.16. The maximum absolute atomic E-state index is 12.6. The van der Waals surface area contributed by atoms with E-state index in [2.05, 4.69) is 10.3 Å². The molecule has 2 amide bonds. The van der Waals surface area contributed by atoms with Crippen molar-refractivity contribution in [2.45, 2.75) is 6.42 Å². The van der Waals surface area contributed by atoms with E-state index in [-0.39, 0.29) is 17.7 Å². The molecular weight excluding hydrogens is 284 g/mol. The Balaban J connectivity index is 1.84. The highest BCUT2D eigenvalue weighted by atomic mass is 16.5. The average Bonchev–Trinajstić information content (AvgIpc) is 3.18. The number of carbonyl (C=O) groups is 2. The molecule has 0 aliphatic carbocycles. The second-order valence-electron chi connectivity index (χ2n) is 5.84. The number of hydrogen-bond donors (Lipinski definition) is 2. The van der Waals surface area contributed by atoms with E-state index >= 15 is 0 Å². The fourth-order valence-corrected chi connectivity index (χ4v) is 3.48. The van der Waals surface area contributed by atoms with Gasteiger partial charge in [0.25, 0.3) is 5.91 Å². The van der Waals surface area contributed by atoms with Gasteiger partial charge in [-0.3, -0.25) is 9.59 Å². The van der Waals surface area contributed by atoms with Crippen LogP contribution in [0, 0.1) is 22.7 Å². The number of aromatic amines is 1. The molecule has 2 atom stereocenters. The summed E-state index contributed by atoms with van der Waals surface area (Å²) < 4.78 is 5.49. The average molecular weight is 302 g/mol. The van der Waals surface area contributed by atoms with Crippen LogP contribution in [0.4, 0.5) is 0 Å². The van der Waals surface area contributed by atoms with Gasteiger partial charge >= 0.3 is 0 Å². The Bertz CT molecular complexity index is 647. The van der Waals surface area contributed by atoms with Crippen LogP contribution < -0.4 is 5.32 Å². The SMILES string of the molecule is CNC(=O)[C@]12CCOC[C@H]1CN(C(=O)c1ccc(C#N)[nH]1)C2. The first kappa shape index (κ1) is 14.6. The van der Waals surface area contributed by atoms with Crippen LogP contribution in [0.5, 0.6) is 0 Å². The highest BCUT2D eigenvalue weighted by molar-refractivity contribution is 5.94. The molecule has 0 saturated carbocycles. The van der Waals surface area contributed by atoms with Crippen LogP contribution in [-0.4, -0.2) is 55.0 Å². The quantitative estimate of drug-likeness (QED) is 0.810. The van der Waals surface area contributed by atoms with E-state index in [1.807, 2.05) is 6.07 Å². The fraction of sp³-hybridized carbons (Fsp3) is 0.533. The van der Waals surface area contributed by atoms with Crippen molar-refractivity contribution in [2.75, 3.05) is 33.4 Å². The van der Waals surface area contributed by atoms with Crippen molar-refractivity contribution in [1.29, 1.82) is 5.26 Å². The number of H-pyrrole nitrogens is 1. The lowest BCUT2D eigenvalue weighted by atomic mass is 9.73. The smallest absolute Gasteiger partial charge is 0.270 e. The Labute approximate surface area is 128 Å². The minimum atomic E-state index is -0.562. The fourth-order valence-electron chi connectivity index (χ4n) is 3.48. The van der Waals surface area contributed by atoms with Gasteiger partial charge in [0.05, 0.1) is 12.0 Å². The molecule has 116 valence electrons. The Morgan fingerprint density at radius 3 is 3.05 bits per heavy atom. The van der Waals surface area contributed by atoms with Gasteiger partial charge < -0.3 is 19.9 Å². The highest BCUT2D eigenvalue weighted by Crippen LogP contribution is 2.42. The first-order chi connectivity index (χ1) is 10.6. The van der Waals surface area contributed by atoms with E-state index in [1.54, 1.807) is 24.1 Å². The second kappa shape index (κ2) is 5.46. The summed E-state index contributed by atoms with van der Waals surface area (Å²) in [6.45, 7) is 1.91. The monoisotopic (exact) mass is 302 g/mol. The molecule has 7 nitrogen and oxygen atoms in total. The van der Waals surface area contributed by atoms with E-state index in [0.717, 1.165) is 0 Å². The topological polar surface area (TPSA) is 98.2 Å². The Hall–Kier alpha value is -2.33. The van der Waals surface area contributed by atoms with Crippen LogP contribution in [-0.2, 0) is 9.53 Å². The molecule has 2 aliphatic rings. The molecular formula is C15H18N4O3. The normalized spacial score (nSPS) is 27.1. The van der Waals surface area contributed by atoms with Crippen LogP contribution >= 0.6 is 0 Å². The van der Waals surface area contributed by atoms with Gasteiger partial charge in [-0.15, -0.1) is 0 Å². The zero-order valence-corrected chi connectivity index (χ0v) is 12.4. The van der Waals surface area contributed by atoms with Gasteiger partial charge in [-0.05, 0) is 18.6 Å². The molecule has 3 heterocycles. The third-order valence-corrected chi connectivity index (χ3v) is 4.71. The van der Waals surface area contributed by atoms with Crippen LogP contribution in [0.25, 0.3) is 0 Å². The molecule has 0 spiro atoms. The van der Waals surface area contributed by atoms with Crippen LogP contribution in [0.15, 0.2) is 12.1 Å². The minimum Gasteiger partial charge on any atom is -0.381 e. The van der Waals surface area contributed by atoms with Gasteiger partial charge in [-0.25, -0.2) is 0 Å². The van der Waals surface area contributed by atoms with Crippen molar-refractivity contribution in [1.82, 2.24) is 15.2 Å². The lowest BCUT2D eigenvalue weighted by Gasteiger charge is -2.36. The van der Waals surface area contributed by atoms with Crippen molar-refractivity contribution in [3.05, 3.63) is 23.5 Å². The Kier molecular flexibility index (Phi) is 3.62. The van der Waals surface area contributed by atoms with E-state index in [0.29, 0.717) is 44.1 Å². The van der Waals surface area contributed by atoms with Gasteiger partial charge in [0, 0.05) is 32.7 Å². The molecule has 1 aromatic rings. The summed E-state index contributed by atoms with van der Waals surface area (Å²) in [7, 11) is 1.62. The zero-order valence-electron chi connectivity index (χ0n) is 12.4. The number of nitrogens with zero attached hydrogens (tertiary/aromatic N) is 2. The molecule has 0 aromatic carbocycles. The number of nitrogens with one attached hydrogen (secondary N) is 2. The number of carbonyl (C=O) groups excluding carboxylic acids is 2. The summed E-state index contributed by atoms with van der Waals surface area (Å²) in [6, 6.07) is 5.15. The molecule has 7 heteroatoms. The van der Waals surface area contributed by atoms with Gasteiger partial charge in [0.2, 0.25) is 5.91 Å². The van der Waals surface area contributed by atoms with Gasteiger partial charge in [0.15, 0.2) is 0 Å². The molecule has 0 radical (unpaired) electrons. The number of amides is 2. The maximum Gasteiger partial charge on any atom is 0.270 e. The number of likely N-dealkylation sites (tertiary alicyclic amines) is 1. The third-order valence-electron chi connectivity index (χ3n) is 4.71. The predicted octanol–water partition coefficient (Wildman–Crippen LogP) is 0.111. The number of fused-ring (bicyclic) bond motifs is 1. The summed E-state index contributed by atoms with van der Waals surface area (Å²) in [5, 5.41) is 11.6. The summed E-state index contributed by atoms with van der Waals surface area (Å²) in [5.41, 5.74) is 0.167. The van der Waals surface area contributed by atoms with E-state index in [1.165, 1.54) is 0 Å². The highest BCUT2D eigenvalue weighted by Gasteiger charge is 2.54. The lowest BCUT2D eigenvalue weighted by Crippen LogP contribution is -2.49. The maximum atomic E-state index is 12.6. The number of hydrogen-bond acceptors (Lipinski definition) is 4. The van der Waals surface area contributed by atoms with Gasteiger partial charge in [-0.2, -0.15) is 5.26 Å². The molecule has 2 fully saturated rings. The summed E-state index contributed by atoms with van der Waals surface area (Å²) in [4.78, 5) is 29.4.